The molecule has 0 bridgehead atoms. The zero-order valence-electron chi connectivity index (χ0n) is 8.98. The molecule has 0 saturated heterocycles. The third-order valence-corrected chi connectivity index (χ3v) is 2.38. The van der Waals surface area contributed by atoms with Crippen LogP contribution in [-0.2, 0) is 25.8 Å². The minimum Gasteiger partial charge on any atom is -0.508 e. The first-order chi connectivity index (χ1) is 8.31. The van der Waals surface area contributed by atoms with Crippen molar-refractivity contribution in [3.63, 3.8) is 0 Å². The van der Waals surface area contributed by atoms with Gasteiger partial charge >= 0.3 is 16.4 Å². The number of nitrogens with one attached hydrogen (secondary N) is 1. The van der Waals surface area contributed by atoms with Crippen LogP contribution in [-0.4, -0.2) is 35.3 Å². The van der Waals surface area contributed by atoms with E-state index in [0.29, 0.717) is 5.56 Å². The molecule has 1 atom stereocenters. The largest absolute Gasteiger partial charge is 0.508 e. The van der Waals surface area contributed by atoms with Crippen molar-refractivity contribution in [2.45, 2.75) is 12.5 Å². The molecule has 0 fully saturated rings. The monoisotopic (exact) mass is 277 g/mol. The van der Waals surface area contributed by atoms with Gasteiger partial charge in [0, 0.05) is 6.42 Å². The van der Waals surface area contributed by atoms with E-state index >= 15 is 0 Å². The third kappa shape index (κ3) is 4.67. The smallest absolute Gasteiger partial charge is 0.449 e. The van der Waals surface area contributed by atoms with Gasteiger partial charge in [-0.05, 0) is 17.7 Å². The van der Waals surface area contributed by atoms with E-state index in [4.69, 9.17) is 14.9 Å². The summed E-state index contributed by atoms with van der Waals surface area (Å²) in [6.45, 7) is 0. The quantitative estimate of drug-likeness (QED) is 0.423. The van der Waals surface area contributed by atoms with Gasteiger partial charge in [-0.25, -0.2) is 4.79 Å². The predicted molar refractivity (Wildman–Crippen MR) is 58.2 cm³/mol. The van der Waals surface area contributed by atoms with Crippen molar-refractivity contribution in [2.75, 3.05) is 0 Å². The van der Waals surface area contributed by atoms with Crippen LogP contribution in [0.25, 0.3) is 0 Å². The van der Waals surface area contributed by atoms with E-state index in [1.165, 1.54) is 24.3 Å². The molecule has 9 heteroatoms. The normalized spacial score (nSPS) is 13.0. The molecular weight excluding hydrogens is 266 g/mol. The lowest BCUT2D eigenvalue weighted by Crippen LogP contribution is -2.38. The average molecular weight is 277 g/mol. The Labute approximate surface area is 103 Å². The van der Waals surface area contributed by atoms with Crippen molar-refractivity contribution >= 4 is 16.4 Å². The molecule has 0 aliphatic carbocycles. The number of phenolic OH excluding ortho intramolecular Hbond substituents is 1. The first kappa shape index (κ1) is 14.4. The molecule has 0 heterocycles. The SMILES string of the molecule is O=C(OS(=O)(=O)O)C(Cc1ccc(O)cc1)NO. The third-order valence-electron chi connectivity index (χ3n) is 2.00. The lowest BCUT2D eigenvalue weighted by molar-refractivity contribution is -0.139. The van der Waals surface area contributed by atoms with Crippen LogP contribution >= 0.6 is 0 Å². The molecule has 0 amide bonds. The van der Waals surface area contributed by atoms with Crippen molar-refractivity contribution < 1.29 is 32.3 Å². The Kier molecular flexibility index (Phi) is 4.62. The summed E-state index contributed by atoms with van der Waals surface area (Å²) in [5.41, 5.74) is 2.11. The summed E-state index contributed by atoms with van der Waals surface area (Å²) >= 11 is 0. The van der Waals surface area contributed by atoms with E-state index in [9.17, 15) is 13.2 Å². The fourth-order valence-electron chi connectivity index (χ4n) is 1.21. The Morgan fingerprint density at radius 1 is 1.33 bits per heavy atom. The van der Waals surface area contributed by atoms with Crippen LogP contribution in [0.1, 0.15) is 5.56 Å². The molecule has 0 aliphatic rings. The van der Waals surface area contributed by atoms with E-state index in [0.717, 1.165) is 0 Å². The van der Waals surface area contributed by atoms with Crippen LogP contribution in [0.2, 0.25) is 0 Å². The predicted octanol–water partition coefficient (Wildman–Crippen LogP) is -0.372. The number of phenols is 1. The van der Waals surface area contributed by atoms with Crippen LogP contribution in [0.3, 0.4) is 0 Å². The van der Waals surface area contributed by atoms with E-state index in [2.05, 4.69) is 4.18 Å². The standard InChI is InChI=1S/C9H11NO7S/c11-7-3-1-6(2-4-7)5-8(10-13)9(12)17-18(14,15)16/h1-4,8,10-11,13H,5H2,(H,14,15,16). The molecule has 4 N–H and O–H groups in total. The Morgan fingerprint density at radius 3 is 2.33 bits per heavy atom. The van der Waals surface area contributed by atoms with Gasteiger partial charge in [0.15, 0.2) is 0 Å². The molecule has 1 aromatic carbocycles. The van der Waals surface area contributed by atoms with Gasteiger partial charge in [0.1, 0.15) is 11.8 Å². The molecule has 0 aliphatic heterocycles. The van der Waals surface area contributed by atoms with Gasteiger partial charge in [-0.1, -0.05) is 12.1 Å². The topological polar surface area (TPSA) is 133 Å². The summed E-state index contributed by atoms with van der Waals surface area (Å²) in [6, 6.07) is 4.30. The minimum absolute atomic E-state index is 0.0211. The van der Waals surface area contributed by atoms with Gasteiger partial charge in [-0.15, -0.1) is 0 Å². The van der Waals surface area contributed by atoms with Crippen LogP contribution < -0.4 is 5.48 Å². The summed E-state index contributed by atoms with van der Waals surface area (Å²) in [5, 5.41) is 17.8. The molecule has 0 spiro atoms. The van der Waals surface area contributed by atoms with E-state index in [-0.39, 0.29) is 12.2 Å². The van der Waals surface area contributed by atoms with Crippen LogP contribution in [0.15, 0.2) is 24.3 Å². The van der Waals surface area contributed by atoms with Crippen molar-refractivity contribution in [1.29, 1.82) is 0 Å². The maximum absolute atomic E-state index is 11.2. The maximum atomic E-state index is 11.2. The van der Waals surface area contributed by atoms with Gasteiger partial charge in [-0.2, -0.15) is 13.9 Å². The Morgan fingerprint density at radius 2 is 1.89 bits per heavy atom. The highest BCUT2D eigenvalue weighted by molar-refractivity contribution is 7.81. The Bertz CT molecular complexity index is 510. The number of hydroxylamine groups is 1. The number of aromatic hydroxyl groups is 1. The summed E-state index contributed by atoms with van der Waals surface area (Å²) in [7, 11) is -4.92. The van der Waals surface area contributed by atoms with E-state index in [1.54, 1.807) is 5.48 Å². The molecule has 1 rings (SSSR count). The average Bonchev–Trinajstić information content (AvgIpc) is 2.25. The number of benzene rings is 1. The fraction of sp³-hybridized carbons (Fsp3) is 0.222. The molecule has 0 aromatic heterocycles. The fourth-order valence-corrected chi connectivity index (χ4v) is 1.54. The lowest BCUT2D eigenvalue weighted by Gasteiger charge is -2.12. The lowest BCUT2D eigenvalue weighted by atomic mass is 10.1. The number of carbonyl (C=O) groups excluding carboxylic acids is 1. The van der Waals surface area contributed by atoms with E-state index < -0.39 is 22.4 Å². The molecule has 8 nitrogen and oxygen atoms in total. The Balaban J connectivity index is 2.73. The number of hydrogen-bond donors (Lipinski definition) is 4. The van der Waals surface area contributed by atoms with Crippen LogP contribution in [0.5, 0.6) is 5.75 Å². The number of carbonyl (C=O) groups is 1. The van der Waals surface area contributed by atoms with Crippen LogP contribution in [0.4, 0.5) is 0 Å². The molecule has 0 radical (unpaired) electrons. The molecule has 100 valence electrons. The second-order valence-corrected chi connectivity index (χ2v) is 4.40. The summed E-state index contributed by atoms with van der Waals surface area (Å²) in [6.07, 6.45) is -0.0921. The second-order valence-electron chi connectivity index (χ2n) is 3.38. The number of rotatable bonds is 5. The van der Waals surface area contributed by atoms with Crippen molar-refractivity contribution in [1.82, 2.24) is 5.48 Å². The van der Waals surface area contributed by atoms with Gasteiger partial charge in [-0.3, -0.25) is 4.55 Å². The number of hydrogen-bond acceptors (Lipinski definition) is 7. The first-order valence-electron chi connectivity index (χ1n) is 4.70. The maximum Gasteiger partial charge on any atom is 0.449 e. The zero-order chi connectivity index (χ0) is 13.8. The molecule has 1 unspecified atom stereocenters. The van der Waals surface area contributed by atoms with Crippen molar-refractivity contribution in [2.24, 2.45) is 0 Å². The highest BCUT2D eigenvalue weighted by Crippen LogP contribution is 2.12. The summed E-state index contributed by atoms with van der Waals surface area (Å²) < 4.78 is 32.7. The van der Waals surface area contributed by atoms with Gasteiger partial charge in [0.05, 0.1) is 0 Å². The zero-order valence-corrected chi connectivity index (χ0v) is 9.79. The second kappa shape index (κ2) is 5.78. The van der Waals surface area contributed by atoms with Gasteiger partial charge < -0.3 is 14.5 Å². The van der Waals surface area contributed by atoms with E-state index in [1.807, 2.05) is 0 Å². The molecule has 18 heavy (non-hydrogen) atoms. The first-order valence-corrected chi connectivity index (χ1v) is 6.06. The van der Waals surface area contributed by atoms with Crippen molar-refractivity contribution in [3.8, 4) is 5.75 Å². The summed E-state index contributed by atoms with van der Waals surface area (Å²) in [4.78, 5) is 11.2. The molecule has 0 saturated carbocycles. The summed E-state index contributed by atoms with van der Waals surface area (Å²) in [5.74, 6) is -1.33. The Hall–Kier alpha value is -1.68. The van der Waals surface area contributed by atoms with Crippen LogP contribution in [0, 0.1) is 0 Å². The minimum atomic E-state index is -4.92. The molecular formula is C9H11NO7S. The van der Waals surface area contributed by atoms with Crippen molar-refractivity contribution in [3.05, 3.63) is 29.8 Å². The van der Waals surface area contributed by atoms with Gasteiger partial charge in [0.2, 0.25) is 0 Å². The molecule has 1 aromatic rings. The highest BCUT2D eigenvalue weighted by atomic mass is 32.3. The highest BCUT2D eigenvalue weighted by Gasteiger charge is 2.24. The van der Waals surface area contributed by atoms with Gasteiger partial charge in [0.25, 0.3) is 0 Å².